The number of nitrogens with zero attached hydrogens (tertiary/aromatic N) is 3. The van der Waals surface area contributed by atoms with E-state index in [4.69, 9.17) is 0 Å². The number of sulfonamides is 1. The lowest BCUT2D eigenvalue weighted by Crippen LogP contribution is -2.45. The maximum absolute atomic E-state index is 12.7. The highest BCUT2D eigenvalue weighted by Gasteiger charge is 2.33. The molecule has 2 heterocycles. The maximum atomic E-state index is 12.7. The predicted octanol–water partition coefficient (Wildman–Crippen LogP) is 1.75. The molecule has 1 aliphatic rings. The fourth-order valence-corrected chi connectivity index (χ4v) is 3.31. The van der Waals surface area contributed by atoms with Crippen molar-refractivity contribution in [2.75, 3.05) is 17.7 Å². The Morgan fingerprint density at radius 1 is 1.19 bits per heavy atom. The van der Waals surface area contributed by atoms with Crippen molar-refractivity contribution < 1.29 is 26.4 Å². The van der Waals surface area contributed by atoms with Crippen LogP contribution >= 0.6 is 0 Å². The first-order valence-electron chi connectivity index (χ1n) is 7.53. The van der Waals surface area contributed by atoms with Gasteiger partial charge in [0.25, 0.3) is 0 Å². The van der Waals surface area contributed by atoms with Crippen LogP contribution in [0.2, 0.25) is 0 Å². The number of fused-ring (bicyclic) bond motifs is 1. The molecule has 140 valence electrons. The Morgan fingerprint density at radius 2 is 1.85 bits per heavy atom. The summed E-state index contributed by atoms with van der Waals surface area (Å²) in [5, 5.41) is 4.08. The van der Waals surface area contributed by atoms with E-state index in [1.165, 1.54) is 23.0 Å². The normalized spacial score (nSPS) is 17.7. The Kier molecular flexibility index (Phi) is 4.42. The van der Waals surface area contributed by atoms with Crippen LogP contribution in [0.15, 0.2) is 36.5 Å². The molecule has 1 aromatic heterocycles. The third-order valence-electron chi connectivity index (χ3n) is 3.93. The van der Waals surface area contributed by atoms with Gasteiger partial charge in [0.1, 0.15) is 5.82 Å². The van der Waals surface area contributed by atoms with Crippen molar-refractivity contribution >= 4 is 27.4 Å². The largest absolute Gasteiger partial charge is 0.416 e. The van der Waals surface area contributed by atoms with Gasteiger partial charge in [-0.3, -0.25) is 9.52 Å². The molecule has 1 aromatic carbocycles. The predicted molar refractivity (Wildman–Crippen MR) is 87.2 cm³/mol. The van der Waals surface area contributed by atoms with E-state index in [9.17, 15) is 26.4 Å². The molecule has 0 aliphatic carbocycles. The van der Waals surface area contributed by atoms with E-state index in [0.29, 0.717) is 11.5 Å². The van der Waals surface area contributed by atoms with Crippen molar-refractivity contribution in [3.8, 4) is 0 Å². The van der Waals surface area contributed by atoms with Gasteiger partial charge in [-0.15, -0.1) is 0 Å². The van der Waals surface area contributed by atoms with Crippen LogP contribution in [0, 0.1) is 5.92 Å². The molecule has 0 spiro atoms. The molecule has 1 unspecified atom stereocenters. The molecule has 1 atom stereocenters. The standard InChI is InChI=1S/C15H15F3N4O3S/c1-26(24,25)20-14(23)10-8-21(13-6-7-19-22(13)9-10)12-4-2-11(3-5-12)15(16,17)18/h2-7,10H,8-9H2,1H3,(H,20,23). The molecule has 0 bridgehead atoms. The summed E-state index contributed by atoms with van der Waals surface area (Å²) in [4.78, 5) is 13.8. The summed E-state index contributed by atoms with van der Waals surface area (Å²) in [5.74, 6) is -0.821. The summed E-state index contributed by atoms with van der Waals surface area (Å²) in [6.07, 6.45) is -2.07. The second-order valence-electron chi connectivity index (χ2n) is 5.96. The van der Waals surface area contributed by atoms with Crippen molar-refractivity contribution in [3.63, 3.8) is 0 Å². The number of carbonyl (C=O) groups excluding carboxylic acids is 1. The van der Waals surface area contributed by atoms with Crippen molar-refractivity contribution in [2.45, 2.75) is 12.7 Å². The maximum Gasteiger partial charge on any atom is 0.416 e. The van der Waals surface area contributed by atoms with Gasteiger partial charge in [-0.2, -0.15) is 18.3 Å². The van der Waals surface area contributed by atoms with Gasteiger partial charge < -0.3 is 4.90 Å². The zero-order valence-electron chi connectivity index (χ0n) is 13.6. The first-order valence-corrected chi connectivity index (χ1v) is 9.42. The van der Waals surface area contributed by atoms with Crippen LogP contribution in [0.5, 0.6) is 0 Å². The Morgan fingerprint density at radius 3 is 2.42 bits per heavy atom. The van der Waals surface area contributed by atoms with E-state index in [1.54, 1.807) is 11.0 Å². The van der Waals surface area contributed by atoms with Crippen molar-refractivity contribution in [3.05, 3.63) is 42.1 Å². The molecule has 3 rings (SSSR count). The molecule has 0 saturated carbocycles. The summed E-state index contributed by atoms with van der Waals surface area (Å²) in [6, 6.07) is 6.18. The molecule has 0 saturated heterocycles. The number of hydrogen-bond donors (Lipinski definition) is 1. The summed E-state index contributed by atoms with van der Waals surface area (Å²) in [6.45, 7) is 0.277. The quantitative estimate of drug-likeness (QED) is 0.866. The van der Waals surface area contributed by atoms with Gasteiger partial charge in [0.05, 0.1) is 30.5 Å². The molecular weight excluding hydrogens is 373 g/mol. The minimum absolute atomic E-state index is 0.110. The number of hydrogen-bond acceptors (Lipinski definition) is 5. The Balaban J connectivity index is 1.90. The van der Waals surface area contributed by atoms with Crippen LogP contribution in [0.4, 0.5) is 24.7 Å². The first kappa shape index (κ1) is 18.2. The lowest BCUT2D eigenvalue weighted by atomic mass is 10.1. The molecule has 2 aromatic rings. The SMILES string of the molecule is CS(=O)(=O)NC(=O)C1CN(c2ccc(C(F)(F)F)cc2)c2ccnn2C1. The second-order valence-corrected chi connectivity index (χ2v) is 7.71. The van der Waals surface area contributed by atoms with Crippen LogP contribution in [-0.4, -0.2) is 36.9 Å². The third-order valence-corrected chi connectivity index (χ3v) is 4.50. The number of anilines is 2. The summed E-state index contributed by atoms with van der Waals surface area (Å²) >= 11 is 0. The van der Waals surface area contributed by atoms with Crippen LogP contribution < -0.4 is 9.62 Å². The van der Waals surface area contributed by atoms with Gasteiger partial charge in [-0.05, 0) is 24.3 Å². The minimum Gasteiger partial charge on any atom is -0.326 e. The lowest BCUT2D eigenvalue weighted by molar-refractivity contribution is -0.137. The number of halogens is 3. The number of nitrogens with one attached hydrogen (secondary N) is 1. The fourth-order valence-electron chi connectivity index (χ4n) is 2.78. The summed E-state index contributed by atoms with van der Waals surface area (Å²) < 4.78 is 64.2. The van der Waals surface area contributed by atoms with E-state index in [-0.39, 0.29) is 13.1 Å². The molecule has 7 nitrogen and oxygen atoms in total. The first-order chi connectivity index (χ1) is 12.0. The number of alkyl halides is 3. The van der Waals surface area contributed by atoms with Gasteiger partial charge in [-0.25, -0.2) is 13.1 Å². The average molecular weight is 388 g/mol. The molecular formula is C15H15F3N4O3S. The fraction of sp³-hybridized carbons (Fsp3) is 0.333. The average Bonchev–Trinajstić information content (AvgIpc) is 3.00. The molecule has 1 amide bonds. The van der Waals surface area contributed by atoms with Crippen molar-refractivity contribution in [1.82, 2.24) is 14.5 Å². The van der Waals surface area contributed by atoms with E-state index in [1.807, 2.05) is 4.72 Å². The van der Waals surface area contributed by atoms with E-state index < -0.39 is 33.6 Å². The van der Waals surface area contributed by atoms with Gasteiger partial charge in [0.2, 0.25) is 15.9 Å². The highest BCUT2D eigenvalue weighted by molar-refractivity contribution is 7.89. The van der Waals surface area contributed by atoms with E-state index in [2.05, 4.69) is 5.10 Å². The third kappa shape index (κ3) is 3.82. The molecule has 26 heavy (non-hydrogen) atoms. The molecule has 0 radical (unpaired) electrons. The van der Waals surface area contributed by atoms with Crippen LogP contribution in [0.1, 0.15) is 5.56 Å². The monoisotopic (exact) mass is 388 g/mol. The van der Waals surface area contributed by atoms with Gasteiger partial charge in [-0.1, -0.05) is 0 Å². The van der Waals surface area contributed by atoms with Gasteiger partial charge in [0, 0.05) is 18.3 Å². The highest BCUT2D eigenvalue weighted by atomic mass is 32.2. The van der Waals surface area contributed by atoms with E-state index in [0.717, 1.165) is 18.4 Å². The lowest BCUT2D eigenvalue weighted by Gasteiger charge is -2.34. The molecule has 11 heteroatoms. The summed E-state index contributed by atoms with van der Waals surface area (Å²) in [7, 11) is -3.71. The number of rotatable bonds is 3. The molecule has 0 fully saturated rings. The van der Waals surface area contributed by atoms with Crippen LogP contribution in [0.3, 0.4) is 0 Å². The zero-order chi connectivity index (χ0) is 19.1. The van der Waals surface area contributed by atoms with Crippen molar-refractivity contribution in [2.24, 2.45) is 5.92 Å². The topological polar surface area (TPSA) is 84.3 Å². The minimum atomic E-state index is -4.44. The van der Waals surface area contributed by atoms with Crippen LogP contribution in [0.25, 0.3) is 0 Å². The smallest absolute Gasteiger partial charge is 0.326 e. The molecule has 1 N–H and O–H groups in total. The highest BCUT2D eigenvalue weighted by Crippen LogP contribution is 2.34. The number of benzene rings is 1. The Hall–Kier alpha value is -2.56. The summed E-state index contributed by atoms with van der Waals surface area (Å²) in [5.41, 5.74) is -0.338. The second kappa shape index (κ2) is 6.31. The van der Waals surface area contributed by atoms with Gasteiger partial charge >= 0.3 is 6.18 Å². The Labute approximate surface area is 147 Å². The van der Waals surface area contributed by atoms with Gasteiger partial charge in [0.15, 0.2) is 0 Å². The Bertz CT molecular complexity index is 922. The van der Waals surface area contributed by atoms with E-state index >= 15 is 0 Å². The number of carbonyl (C=O) groups is 1. The number of amides is 1. The number of aromatic nitrogens is 2. The van der Waals surface area contributed by atoms with Crippen molar-refractivity contribution in [1.29, 1.82) is 0 Å². The molecule has 1 aliphatic heterocycles. The van der Waals surface area contributed by atoms with Crippen LogP contribution in [-0.2, 0) is 27.5 Å². The zero-order valence-corrected chi connectivity index (χ0v) is 14.4.